The largest absolute Gasteiger partial charge is 0.319 e. The standard InChI is InChI=1S/C10H23NO2S/c1-5-14(12,13)8-6-7-10(2,3)9-11-4/h11H,5-9H2,1-4H3. The quantitative estimate of drug-likeness (QED) is 0.708. The van der Waals surface area contributed by atoms with E-state index in [4.69, 9.17) is 0 Å². The molecular weight excluding hydrogens is 198 g/mol. The highest BCUT2D eigenvalue weighted by Gasteiger charge is 2.17. The van der Waals surface area contributed by atoms with E-state index in [1.165, 1.54) is 0 Å². The van der Waals surface area contributed by atoms with Gasteiger partial charge in [0.25, 0.3) is 0 Å². The molecule has 86 valence electrons. The molecule has 0 unspecified atom stereocenters. The van der Waals surface area contributed by atoms with Crippen LogP contribution in [0.2, 0.25) is 0 Å². The van der Waals surface area contributed by atoms with Crippen molar-refractivity contribution in [3.05, 3.63) is 0 Å². The number of nitrogens with one attached hydrogen (secondary N) is 1. The van der Waals surface area contributed by atoms with Crippen molar-refractivity contribution < 1.29 is 8.42 Å². The third-order valence-electron chi connectivity index (χ3n) is 2.40. The molecule has 4 heteroatoms. The van der Waals surface area contributed by atoms with Crippen LogP contribution < -0.4 is 5.32 Å². The molecule has 0 aliphatic rings. The Hall–Kier alpha value is -0.0900. The molecule has 0 aromatic rings. The van der Waals surface area contributed by atoms with Crippen molar-refractivity contribution in [1.29, 1.82) is 0 Å². The number of hydrogen-bond acceptors (Lipinski definition) is 3. The van der Waals surface area contributed by atoms with Gasteiger partial charge in [-0.2, -0.15) is 0 Å². The normalized spacial score (nSPS) is 13.1. The topological polar surface area (TPSA) is 46.2 Å². The lowest BCUT2D eigenvalue weighted by molar-refractivity contribution is 0.321. The number of rotatable bonds is 7. The average molecular weight is 221 g/mol. The van der Waals surface area contributed by atoms with Crippen LogP contribution in [0.4, 0.5) is 0 Å². The Labute approximate surface area is 88.2 Å². The van der Waals surface area contributed by atoms with Gasteiger partial charge < -0.3 is 5.32 Å². The molecule has 0 fully saturated rings. The first kappa shape index (κ1) is 13.9. The van der Waals surface area contributed by atoms with Crippen molar-refractivity contribution in [2.24, 2.45) is 5.41 Å². The molecule has 0 aromatic heterocycles. The second-order valence-electron chi connectivity index (χ2n) is 4.53. The highest BCUT2D eigenvalue weighted by molar-refractivity contribution is 7.91. The summed E-state index contributed by atoms with van der Waals surface area (Å²) in [6, 6.07) is 0. The van der Waals surface area contributed by atoms with E-state index in [0.29, 0.717) is 5.75 Å². The maximum atomic E-state index is 11.2. The van der Waals surface area contributed by atoms with Gasteiger partial charge in [0, 0.05) is 5.75 Å². The molecule has 0 saturated heterocycles. The Balaban J connectivity index is 3.85. The minimum absolute atomic E-state index is 0.192. The highest BCUT2D eigenvalue weighted by Crippen LogP contribution is 2.21. The SMILES string of the molecule is CCS(=O)(=O)CCCC(C)(C)CNC. The van der Waals surface area contributed by atoms with Crippen molar-refractivity contribution in [3.8, 4) is 0 Å². The summed E-state index contributed by atoms with van der Waals surface area (Å²) in [4.78, 5) is 0. The van der Waals surface area contributed by atoms with E-state index in [-0.39, 0.29) is 11.2 Å². The van der Waals surface area contributed by atoms with Crippen LogP contribution in [0.3, 0.4) is 0 Å². The van der Waals surface area contributed by atoms with Crippen molar-refractivity contribution >= 4 is 9.84 Å². The molecular formula is C10H23NO2S. The molecule has 0 bridgehead atoms. The van der Waals surface area contributed by atoms with E-state index in [1.54, 1.807) is 6.92 Å². The fraction of sp³-hybridized carbons (Fsp3) is 1.00. The first-order chi connectivity index (χ1) is 6.33. The number of sulfone groups is 1. The van der Waals surface area contributed by atoms with Gasteiger partial charge in [-0.05, 0) is 31.8 Å². The molecule has 14 heavy (non-hydrogen) atoms. The molecule has 0 atom stereocenters. The third kappa shape index (κ3) is 6.38. The molecule has 0 aliphatic heterocycles. The summed E-state index contributed by atoms with van der Waals surface area (Å²) in [6.45, 7) is 6.94. The highest BCUT2D eigenvalue weighted by atomic mass is 32.2. The van der Waals surface area contributed by atoms with Gasteiger partial charge in [0.15, 0.2) is 0 Å². The van der Waals surface area contributed by atoms with E-state index in [2.05, 4.69) is 19.2 Å². The Kier molecular flexibility index (Phi) is 5.67. The van der Waals surface area contributed by atoms with Crippen molar-refractivity contribution in [1.82, 2.24) is 5.32 Å². The van der Waals surface area contributed by atoms with Crippen LogP contribution in [0.1, 0.15) is 33.6 Å². The minimum atomic E-state index is -2.78. The second-order valence-corrected chi connectivity index (χ2v) is 7.01. The van der Waals surface area contributed by atoms with Gasteiger partial charge in [-0.25, -0.2) is 8.42 Å². The van der Waals surface area contributed by atoms with Crippen LogP contribution in [0, 0.1) is 5.41 Å². The van der Waals surface area contributed by atoms with Gasteiger partial charge in [-0.3, -0.25) is 0 Å². The summed E-state index contributed by atoms with van der Waals surface area (Å²) in [6.07, 6.45) is 1.72. The lowest BCUT2D eigenvalue weighted by Crippen LogP contribution is -2.27. The third-order valence-corrected chi connectivity index (χ3v) is 4.19. The van der Waals surface area contributed by atoms with Crippen LogP contribution in [0.5, 0.6) is 0 Å². The summed E-state index contributed by atoms with van der Waals surface area (Å²) in [5.74, 6) is 0.593. The molecule has 0 saturated carbocycles. The molecule has 0 aliphatic carbocycles. The van der Waals surface area contributed by atoms with Crippen molar-refractivity contribution in [2.75, 3.05) is 25.1 Å². The Morgan fingerprint density at radius 2 is 1.86 bits per heavy atom. The lowest BCUT2D eigenvalue weighted by Gasteiger charge is -2.23. The predicted molar refractivity (Wildman–Crippen MR) is 61.3 cm³/mol. The maximum Gasteiger partial charge on any atom is 0.150 e. The monoisotopic (exact) mass is 221 g/mol. The Bertz CT molecular complexity index is 245. The second kappa shape index (κ2) is 5.71. The van der Waals surface area contributed by atoms with Crippen LogP contribution >= 0.6 is 0 Å². The van der Waals surface area contributed by atoms with Gasteiger partial charge in [-0.15, -0.1) is 0 Å². The summed E-state index contributed by atoms with van der Waals surface area (Å²) in [7, 11) is -0.856. The van der Waals surface area contributed by atoms with Gasteiger partial charge in [0.05, 0.1) is 5.75 Å². The van der Waals surface area contributed by atoms with Crippen molar-refractivity contribution in [3.63, 3.8) is 0 Å². The smallest absolute Gasteiger partial charge is 0.150 e. The molecule has 1 N–H and O–H groups in total. The molecule has 0 heterocycles. The number of hydrogen-bond donors (Lipinski definition) is 1. The van der Waals surface area contributed by atoms with E-state index >= 15 is 0 Å². The van der Waals surface area contributed by atoms with E-state index in [0.717, 1.165) is 19.4 Å². The Morgan fingerprint density at radius 3 is 2.29 bits per heavy atom. The maximum absolute atomic E-state index is 11.2. The zero-order valence-corrected chi connectivity index (χ0v) is 10.6. The zero-order chi connectivity index (χ0) is 11.2. The van der Waals surface area contributed by atoms with Crippen LogP contribution in [-0.4, -0.2) is 33.5 Å². The predicted octanol–water partition coefficient (Wildman–Crippen LogP) is 1.45. The molecule has 0 aromatic carbocycles. The lowest BCUT2D eigenvalue weighted by atomic mass is 9.88. The van der Waals surface area contributed by atoms with Crippen LogP contribution in [-0.2, 0) is 9.84 Å². The molecule has 3 nitrogen and oxygen atoms in total. The van der Waals surface area contributed by atoms with Gasteiger partial charge in [0.2, 0.25) is 0 Å². The molecule has 0 radical (unpaired) electrons. The summed E-state index contributed by atoms with van der Waals surface area (Å²) in [5.41, 5.74) is 0.192. The van der Waals surface area contributed by atoms with Crippen LogP contribution in [0.25, 0.3) is 0 Å². The minimum Gasteiger partial charge on any atom is -0.319 e. The summed E-state index contributed by atoms with van der Waals surface area (Å²) >= 11 is 0. The van der Waals surface area contributed by atoms with E-state index < -0.39 is 9.84 Å². The van der Waals surface area contributed by atoms with Gasteiger partial charge >= 0.3 is 0 Å². The fourth-order valence-electron chi connectivity index (χ4n) is 1.48. The first-order valence-corrected chi connectivity index (χ1v) is 7.00. The van der Waals surface area contributed by atoms with Crippen molar-refractivity contribution in [2.45, 2.75) is 33.6 Å². The van der Waals surface area contributed by atoms with Gasteiger partial charge in [-0.1, -0.05) is 20.8 Å². The van der Waals surface area contributed by atoms with E-state index in [9.17, 15) is 8.42 Å². The Morgan fingerprint density at radius 1 is 1.29 bits per heavy atom. The first-order valence-electron chi connectivity index (χ1n) is 5.18. The van der Waals surface area contributed by atoms with Gasteiger partial charge in [0.1, 0.15) is 9.84 Å². The zero-order valence-electron chi connectivity index (χ0n) is 9.76. The summed E-state index contributed by atoms with van der Waals surface area (Å²) in [5, 5.41) is 3.12. The summed E-state index contributed by atoms with van der Waals surface area (Å²) < 4.78 is 22.5. The van der Waals surface area contributed by atoms with E-state index in [1.807, 2.05) is 7.05 Å². The average Bonchev–Trinajstić information content (AvgIpc) is 2.03. The fourth-order valence-corrected chi connectivity index (χ4v) is 2.35. The molecule has 0 rings (SSSR count). The molecule has 0 amide bonds. The van der Waals surface area contributed by atoms with Crippen LogP contribution in [0.15, 0.2) is 0 Å². The molecule has 0 spiro atoms.